The number of aromatic nitrogens is 1. The lowest BCUT2D eigenvalue weighted by molar-refractivity contribution is -0.114. The summed E-state index contributed by atoms with van der Waals surface area (Å²) in [5.74, 6) is 3.32. The Labute approximate surface area is 125 Å². The lowest BCUT2D eigenvalue weighted by Crippen LogP contribution is -2.30. The Hall–Kier alpha value is -1.62. The van der Waals surface area contributed by atoms with Crippen LogP contribution in [0.2, 0.25) is 0 Å². The van der Waals surface area contributed by atoms with Crippen LogP contribution in [0.5, 0.6) is 0 Å². The van der Waals surface area contributed by atoms with E-state index in [1.807, 2.05) is 12.1 Å². The van der Waals surface area contributed by atoms with Gasteiger partial charge in [0.1, 0.15) is 5.82 Å². The molecule has 21 heavy (non-hydrogen) atoms. The fraction of sp³-hybridized carbons (Fsp3) is 0.625. The first-order chi connectivity index (χ1) is 10.2. The SMILES string of the molecule is CC(Nc1ccc(NC(=O)CN)cn1)C1CC2CCC1C2. The Kier molecular flexibility index (Phi) is 4.10. The van der Waals surface area contributed by atoms with Crippen LogP contribution in [0, 0.1) is 17.8 Å². The molecule has 1 aromatic rings. The lowest BCUT2D eigenvalue weighted by Gasteiger charge is -2.28. The first-order valence-corrected chi connectivity index (χ1v) is 7.88. The Morgan fingerprint density at radius 2 is 2.29 bits per heavy atom. The van der Waals surface area contributed by atoms with Crippen LogP contribution in [0.3, 0.4) is 0 Å². The summed E-state index contributed by atoms with van der Waals surface area (Å²) in [6.45, 7) is 2.25. The second-order valence-electron chi connectivity index (χ2n) is 6.46. The number of nitrogens with two attached hydrogens (primary N) is 1. The van der Waals surface area contributed by atoms with Crippen molar-refractivity contribution in [1.82, 2.24) is 4.98 Å². The van der Waals surface area contributed by atoms with E-state index in [1.165, 1.54) is 25.7 Å². The van der Waals surface area contributed by atoms with Gasteiger partial charge in [0.2, 0.25) is 5.91 Å². The Bertz CT molecular complexity index is 502. The summed E-state index contributed by atoms with van der Waals surface area (Å²) in [6.07, 6.45) is 7.29. The summed E-state index contributed by atoms with van der Waals surface area (Å²) < 4.78 is 0. The van der Waals surface area contributed by atoms with E-state index in [9.17, 15) is 4.79 Å². The van der Waals surface area contributed by atoms with Gasteiger partial charge in [0.25, 0.3) is 0 Å². The first kappa shape index (κ1) is 14.3. The highest BCUT2D eigenvalue weighted by atomic mass is 16.1. The van der Waals surface area contributed by atoms with Gasteiger partial charge < -0.3 is 16.4 Å². The van der Waals surface area contributed by atoms with Gasteiger partial charge in [-0.2, -0.15) is 0 Å². The zero-order chi connectivity index (χ0) is 14.8. The van der Waals surface area contributed by atoms with Crippen molar-refractivity contribution in [3.8, 4) is 0 Å². The van der Waals surface area contributed by atoms with Crippen LogP contribution in [0.4, 0.5) is 11.5 Å². The molecule has 0 aromatic carbocycles. The molecule has 1 heterocycles. The summed E-state index contributed by atoms with van der Waals surface area (Å²) >= 11 is 0. The van der Waals surface area contributed by atoms with Gasteiger partial charge >= 0.3 is 0 Å². The highest BCUT2D eigenvalue weighted by molar-refractivity contribution is 5.91. The van der Waals surface area contributed by atoms with Gasteiger partial charge in [0, 0.05) is 6.04 Å². The molecule has 3 rings (SSSR count). The molecule has 0 saturated heterocycles. The van der Waals surface area contributed by atoms with E-state index in [1.54, 1.807) is 6.20 Å². The van der Waals surface area contributed by atoms with Crippen LogP contribution < -0.4 is 16.4 Å². The number of hydrogen-bond acceptors (Lipinski definition) is 4. The van der Waals surface area contributed by atoms with Crippen molar-refractivity contribution in [2.75, 3.05) is 17.2 Å². The number of carbonyl (C=O) groups excluding carboxylic acids is 1. The van der Waals surface area contributed by atoms with Crippen LogP contribution in [0.15, 0.2) is 18.3 Å². The molecule has 1 aromatic heterocycles. The standard InChI is InChI=1S/C16H24N4O/c1-10(14-7-11-2-3-12(14)6-11)19-15-5-4-13(9-18-15)20-16(21)8-17/h4-5,9-12,14H,2-3,6-8,17H2,1H3,(H,18,19)(H,20,21). The largest absolute Gasteiger partial charge is 0.367 e. The number of anilines is 2. The predicted octanol–water partition coefficient (Wildman–Crippen LogP) is 2.22. The Morgan fingerprint density at radius 3 is 2.86 bits per heavy atom. The number of fused-ring (bicyclic) bond motifs is 2. The van der Waals surface area contributed by atoms with Crippen molar-refractivity contribution in [2.24, 2.45) is 23.5 Å². The quantitative estimate of drug-likeness (QED) is 0.776. The van der Waals surface area contributed by atoms with Gasteiger partial charge in [-0.1, -0.05) is 6.42 Å². The minimum atomic E-state index is -0.201. The molecular formula is C16H24N4O. The molecule has 1 amide bonds. The molecule has 4 atom stereocenters. The molecule has 0 aliphatic heterocycles. The molecule has 2 fully saturated rings. The summed E-state index contributed by atoms with van der Waals surface area (Å²) in [5, 5.41) is 6.21. The molecule has 4 unspecified atom stereocenters. The van der Waals surface area contributed by atoms with Crippen molar-refractivity contribution >= 4 is 17.4 Å². The molecule has 0 spiro atoms. The van der Waals surface area contributed by atoms with Crippen molar-refractivity contribution in [1.29, 1.82) is 0 Å². The molecule has 2 bridgehead atoms. The van der Waals surface area contributed by atoms with E-state index in [4.69, 9.17) is 5.73 Å². The lowest BCUT2D eigenvalue weighted by atomic mass is 9.84. The summed E-state index contributed by atoms with van der Waals surface area (Å²) in [6, 6.07) is 4.23. The summed E-state index contributed by atoms with van der Waals surface area (Å²) in [4.78, 5) is 15.6. The third-order valence-electron chi connectivity index (χ3n) is 5.04. The van der Waals surface area contributed by atoms with Gasteiger partial charge in [-0.15, -0.1) is 0 Å². The fourth-order valence-corrected chi connectivity index (χ4v) is 4.01. The third-order valence-corrected chi connectivity index (χ3v) is 5.04. The van der Waals surface area contributed by atoms with E-state index in [-0.39, 0.29) is 12.5 Å². The maximum atomic E-state index is 11.2. The number of hydrogen-bond donors (Lipinski definition) is 3. The van der Waals surface area contributed by atoms with Crippen molar-refractivity contribution in [3.63, 3.8) is 0 Å². The van der Waals surface area contributed by atoms with E-state index in [0.717, 1.165) is 23.6 Å². The minimum absolute atomic E-state index is 0.0126. The van der Waals surface area contributed by atoms with E-state index >= 15 is 0 Å². The normalized spacial score (nSPS) is 28.4. The van der Waals surface area contributed by atoms with Gasteiger partial charge in [-0.3, -0.25) is 4.79 Å². The molecular weight excluding hydrogens is 264 g/mol. The molecule has 5 heteroatoms. The number of pyridine rings is 1. The molecule has 2 aliphatic rings. The molecule has 5 nitrogen and oxygen atoms in total. The number of nitrogens with zero attached hydrogens (tertiary/aromatic N) is 1. The second kappa shape index (κ2) is 6.02. The maximum Gasteiger partial charge on any atom is 0.238 e. The van der Waals surface area contributed by atoms with Gasteiger partial charge in [-0.05, 0) is 56.1 Å². The van der Waals surface area contributed by atoms with E-state index in [2.05, 4.69) is 22.5 Å². The van der Waals surface area contributed by atoms with Gasteiger partial charge in [0.15, 0.2) is 0 Å². The van der Waals surface area contributed by atoms with Crippen LogP contribution in [-0.2, 0) is 4.79 Å². The van der Waals surface area contributed by atoms with Crippen molar-refractivity contribution in [3.05, 3.63) is 18.3 Å². The molecule has 0 radical (unpaired) electrons. The number of amides is 1. The van der Waals surface area contributed by atoms with Crippen LogP contribution in [0.25, 0.3) is 0 Å². The predicted molar refractivity (Wildman–Crippen MR) is 83.9 cm³/mol. The second-order valence-corrected chi connectivity index (χ2v) is 6.46. The van der Waals surface area contributed by atoms with E-state index in [0.29, 0.717) is 11.7 Å². The van der Waals surface area contributed by atoms with Gasteiger partial charge in [0.05, 0.1) is 18.4 Å². The zero-order valence-corrected chi connectivity index (χ0v) is 12.5. The molecule has 2 aliphatic carbocycles. The maximum absolute atomic E-state index is 11.2. The Balaban J connectivity index is 1.56. The smallest absolute Gasteiger partial charge is 0.238 e. The first-order valence-electron chi connectivity index (χ1n) is 7.88. The highest BCUT2D eigenvalue weighted by Gasteiger charge is 2.41. The van der Waals surface area contributed by atoms with Crippen LogP contribution >= 0.6 is 0 Å². The highest BCUT2D eigenvalue weighted by Crippen LogP contribution is 2.49. The van der Waals surface area contributed by atoms with E-state index < -0.39 is 0 Å². The molecule has 4 N–H and O–H groups in total. The minimum Gasteiger partial charge on any atom is -0.367 e. The monoisotopic (exact) mass is 288 g/mol. The van der Waals surface area contributed by atoms with Crippen molar-refractivity contribution < 1.29 is 4.79 Å². The zero-order valence-electron chi connectivity index (χ0n) is 12.5. The number of rotatable bonds is 5. The Morgan fingerprint density at radius 1 is 1.43 bits per heavy atom. The average molecular weight is 288 g/mol. The number of nitrogens with one attached hydrogen (secondary N) is 2. The van der Waals surface area contributed by atoms with Crippen LogP contribution in [-0.4, -0.2) is 23.5 Å². The topological polar surface area (TPSA) is 80.0 Å². The van der Waals surface area contributed by atoms with Gasteiger partial charge in [-0.25, -0.2) is 4.98 Å². The average Bonchev–Trinajstić information content (AvgIpc) is 3.12. The molecule has 114 valence electrons. The summed E-state index contributed by atoms with van der Waals surface area (Å²) in [5.41, 5.74) is 5.95. The number of carbonyl (C=O) groups is 1. The third kappa shape index (κ3) is 3.18. The molecule has 2 saturated carbocycles. The van der Waals surface area contributed by atoms with Crippen molar-refractivity contribution in [2.45, 2.75) is 38.6 Å². The fourth-order valence-electron chi connectivity index (χ4n) is 4.01. The van der Waals surface area contributed by atoms with Crippen LogP contribution in [0.1, 0.15) is 32.6 Å². The summed E-state index contributed by atoms with van der Waals surface area (Å²) in [7, 11) is 0.